The van der Waals surface area contributed by atoms with Crippen LogP contribution in [0.25, 0.3) is 0 Å². The van der Waals surface area contributed by atoms with Crippen molar-refractivity contribution in [2.45, 2.75) is 33.6 Å². The van der Waals surface area contributed by atoms with E-state index < -0.39 is 0 Å². The van der Waals surface area contributed by atoms with Crippen molar-refractivity contribution in [1.82, 2.24) is 5.43 Å². The predicted molar refractivity (Wildman–Crippen MR) is 80.5 cm³/mol. The molecule has 0 unspecified atom stereocenters. The fraction of sp³-hybridized carbons (Fsp3) is 0.400. The molecule has 0 saturated carbocycles. The molecule has 21 heavy (non-hydrogen) atoms. The lowest BCUT2D eigenvalue weighted by molar-refractivity contribution is -0.121. The molecule has 1 aliphatic rings. The third-order valence-electron chi connectivity index (χ3n) is 3.24. The van der Waals surface area contributed by atoms with Crippen LogP contribution in [0.2, 0.25) is 0 Å². The van der Waals surface area contributed by atoms with Gasteiger partial charge in [0, 0.05) is 18.5 Å². The molecule has 0 saturated heterocycles. The molecule has 2 N–H and O–H groups in total. The Bertz CT molecular complexity index is 608. The summed E-state index contributed by atoms with van der Waals surface area (Å²) in [5.41, 5.74) is 5.25. The molecule has 0 aromatic heterocycles. The average molecular weight is 289 g/mol. The first-order valence-corrected chi connectivity index (χ1v) is 6.92. The summed E-state index contributed by atoms with van der Waals surface area (Å²) in [4.78, 5) is 23.1. The van der Waals surface area contributed by atoms with Crippen LogP contribution in [0, 0.1) is 13.8 Å². The minimum absolute atomic E-state index is 0.167. The van der Waals surface area contributed by atoms with Crippen LogP contribution in [0.1, 0.15) is 30.9 Å². The van der Waals surface area contributed by atoms with Gasteiger partial charge in [-0.05, 0) is 44.0 Å². The van der Waals surface area contributed by atoms with E-state index in [4.69, 9.17) is 4.74 Å². The molecule has 0 atom stereocenters. The van der Waals surface area contributed by atoms with Gasteiger partial charge in [0.1, 0.15) is 11.5 Å². The first kappa shape index (κ1) is 15.0. The van der Waals surface area contributed by atoms with Crippen molar-refractivity contribution in [3.63, 3.8) is 0 Å². The maximum Gasteiger partial charge on any atom is 0.271 e. The number of benzene rings is 1. The Morgan fingerprint density at radius 3 is 2.71 bits per heavy atom. The molecule has 112 valence electrons. The van der Waals surface area contributed by atoms with Gasteiger partial charge in [-0.3, -0.25) is 9.59 Å². The number of ether oxygens (including phenoxy) is 1. The highest BCUT2D eigenvalue weighted by molar-refractivity contribution is 6.43. The highest BCUT2D eigenvalue weighted by Crippen LogP contribution is 2.26. The van der Waals surface area contributed by atoms with Gasteiger partial charge in [-0.15, -0.1) is 0 Å². The van der Waals surface area contributed by atoms with Gasteiger partial charge >= 0.3 is 0 Å². The van der Waals surface area contributed by atoms with Gasteiger partial charge in [-0.1, -0.05) is 0 Å². The predicted octanol–water partition coefficient (Wildman–Crippen LogP) is 1.91. The van der Waals surface area contributed by atoms with E-state index in [9.17, 15) is 9.59 Å². The summed E-state index contributed by atoms with van der Waals surface area (Å²) in [5, 5.41) is 6.61. The topological polar surface area (TPSA) is 79.8 Å². The minimum Gasteiger partial charge on any atom is -0.494 e. The van der Waals surface area contributed by atoms with E-state index in [0.29, 0.717) is 18.7 Å². The van der Waals surface area contributed by atoms with Crippen molar-refractivity contribution < 1.29 is 14.3 Å². The number of nitrogens with one attached hydrogen (secondary N) is 2. The second-order valence-electron chi connectivity index (χ2n) is 4.91. The summed E-state index contributed by atoms with van der Waals surface area (Å²) in [6.45, 7) is 6.36. The molecular formula is C15H19N3O3. The molecule has 6 nitrogen and oxygen atoms in total. The summed E-state index contributed by atoms with van der Waals surface area (Å²) in [6.07, 6.45) is 0.639. The molecule has 2 amide bonds. The molecule has 0 aliphatic carbocycles. The average Bonchev–Trinajstić information content (AvgIpc) is 2.45. The van der Waals surface area contributed by atoms with Crippen LogP contribution in [0.3, 0.4) is 0 Å². The Morgan fingerprint density at radius 1 is 1.33 bits per heavy atom. The van der Waals surface area contributed by atoms with Gasteiger partial charge in [0.05, 0.1) is 6.61 Å². The van der Waals surface area contributed by atoms with Gasteiger partial charge in [0.15, 0.2) is 0 Å². The van der Waals surface area contributed by atoms with E-state index in [2.05, 4.69) is 15.8 Å². The number of anilines is 1. The first-order valence-electron chi connectivity index (χ1n) is 6.92. The third kappa shape index (κ3) is 3.59. The Balaban J connectivity index is 2.14. The normalized spacial score (nSPS) is 14.2. The van der Waals surface area contributed by atoms with Gasteiger partial charge in [0.25, 0.3) is 5.91 Å². The summed E-state index contributed by atoms with van der Waals surface area (Å²) in [6, 6.07) is 3.78. The number of hydrazone groups is 1. The van der Waals surface area contributed by atoms with E-state index in [1.807, 2.05) is 32.9 Å². The smallest absolute Gasteiger partial charge is 0.271 e. The summed E-state index contributed by atoms with van der Waals surface area (Å²) in [5.74, 6) is 0.358. The van der Waals surface area contributed by atoms with E-state index in [0.717, 1.165) is 22.6 Å². The number of hydrogen-bond acceptors (Lipinski definition) is 4. The Labute approximate surface area is 123 Å². The van der Waals surface area contributed by atoms with E-state index in [-0.39, 0.29) is 18.2 Å². The van der Waals surface area contributed by atoms with Crippen molar-refractivity contribution in [3.8, 4) is 5.75 Å². The lowest BCUT2D eigenvalue weighted by Crippen LogP contribution is -2.32. The number of hydrogen-bond donors (Lipinski definition) is 2. The monoisotopic (exact) mass is 289 g/mol. The molecule has 1 heterocycles. The van der Waals surface area contributed by atoms with Crippen LogP contribution >= 0.6 is 0 Å². The fourth-order valence-corrected chi connectivity index (χ4v) is 2.07. The largest absolute Gasteiger partial charge is 0.494 e. The summed E-state index contributed by atoms with van der Waals surface area (Å²) < 4.78 is 5.52. The fourth-order valence-electron chi connectivity index (χ4n) is 2.07. The second kappa shape index (κ2) is 6.39. The molecule has 0 fully saturated rings. The van der Waals surface area contributed by atoms with Crippen LogP contribution < -0.4 is 15.5 Å². The van der Waals surface area contributed by atoms with Crippen LogP contribution in [0.4, 0.5) is 5.69 Å². The van der Waals surface area contributed by atoms with E-state index >= 15 is 0 Å². The van der Waals surface area contributed by atoms with Gasteiger partial charge < -0.3 is 10.1 Å². The maximum atomic E-state index is 12.1. The zero-order valence-corrected chi connectivity index (χ0v) is 12.4. The Kier molecular flexibility index (Phi) is 4.57. The van der Waals surface area contributed by atoms with Gasteiger partial charge in [-0.25, -0.2) is 5.43 Å². The zero-order chi connectivity index (χ0) is 15.4. The third-order valence-corrected chi connectivity index (χ3v) is 3.24. The lowest BCUT2D eigenvalue weighted by Gasteiger charge is -2.15. The zero-order valence-electron chi connectivity index (χ0n) is 12.4. The van der Waals surface area contributed by atoms with Gasteiger partial charge in [0.2, 0.25) is 5.91 Å². The molecule has 2 rings (SSSR count). The van der Waals surface area contributed by atoms with Crippen LogP contribution in [0.5, 0.6) is 5.75 Å². The van der Waals surface area contributed by atoms with Crippen molar-refractivity contribution in [1.29, 1.82) is 0 Å². The number of rotatable bonds is 4. The van der Waals surface area contributed by atoms with E-state index in [1.54, 1.807) is 0 Å². The van der Waals surface area contributed by atoms with Crippen LogP contribution in [-0.2, 0) is 9.59 Å². The SMILES string of the molecule is CCOc1cc(C)c(NC(=O)C2=NNC(=O)CC2)cc1C. The number of carbonyl (C=O) groups is 2. The number of nitrogens with zero attached hydrogens (tertiary/aromatic N) is 1. The van der Waals surface area contributed by atoms with Crippen molar-refractivity contribution in [2.24, 2.45) is 5.10 Å². The molecule has 1 aromatic rings. The molecular weight excluding hydrogens is 270 g/mol. The number of aryl methyl sites for hydroxylation is 2. The van der Waals surface area contributed by atoms with Gasteiger partial charge in [-0.2, -0.15) is 5.10 Å². The van der Waals surface area contributed by atoms with Crippen molar-refractivity contribution in [3.05, 3.63) is 23.3 Å². The quantitative estimate of drug-likeness (QED) is 0.888. The minimum atomic E-state index is -0.290. The number of amides is 2. The van der Waals surface area contributed by atoms with Crippen molar-refractivity contribution in [2.75, 3.05) is 11.9 Å². The highest BCUT2D eigenvalue weighted by atomic mass is 16.5. The molecule has 0 spiro atoms. The molecule has 6 heteroatoms. The molecule has 0 radical (unpaired) electrons. The van der Waals surface area contributed by atoms with E-state index in [1.165, 1.54) is 0 Å². The van der Waals surface area contributed by atoms with Crippen molar-refractivity contribution >= 4 is 23.2 Å². The molecule has 1 aromatic carbocycles. The summed E-state index contributed by atoms with van der Waals surface area (Å²) in [7, 11) is 0. The Hall–Kier alpha value is -2.37. The number of carbonyl (C=O) groups excluding carboxylic acids is 2. The highest BCUT2D eigenvalue weighted by Gasteiger charge is 2.19. The Morgan fingerprint density at radius 2 is 2.10 bits per heavy atom. The molecule has 1 aliphatic heterocycles. The standard InChI is InChI=1S/C15H19N3O3/c1-4-21-13-8-9(2)12(7-10(13)3)16-15(20)11-5-6-14(19)18-17-11/h7-8H,4-6H2,1-3H3,(H,16,20)(H,18,19). The lowest BCUT2D eigenvalue weighted by atomic mass is 10.1. The second-order valence-corrected chi connectivity index (χ2v) is 4.91. The first-order chi connectivity index (χ1) is 10.0. The van der Waals surface area contributed by atoms with Crippen LogP contribution in [0.15, 0.2) is 17.2 Å². The van der Waals surface area contributed by atoms with Crippen LogP contribution in [-0.4, -0.2) is 24.1 Å². The molecule has 0 bridgehead atoms. The maximum absolute atomic E-state index is 12.1. The summed E-state index contributed by atoms with van der Waals surface area (Å²) >= 11 is 0.